The van der Waals surface area contributed by atoms with E-state index in [-0.39, 0.29) is 22.0 Å². The van der Waals surface area contributed by atoms with Gasteiger partial charge in [0, 0.05) is 40.4 Å². The molecule has 0 saturated heterocycles. The van der Waals surface area contributed by atoms with E-state index in [4.69, 9.17) is 16.3 Å². The van der Waals surface area contributed by atoms with E-state index in [1.165, 1.54) is 41.3 Å². The monoisotopic (exact) mass is 536 g/mol. The lowest BCUT2D eigenvalue weighted by atomic mass is 10.1. The van der Waals surface area contributed by atoms with Gasteiger partial charge in [0.2, 0.25) is 5.13 Å². The molecule has 3 aromatic heterocycles. The van der Waals surface area contributed by atoms with Gasteiger partial charge in [0.25, 0.3) is 15.6 Å². The predicted octanol–water partition coefficient (Wildman–Crippen LogP) is 4.07. The number of aromatic amines is 1. The van der Waals surface area contributed by atoms with Crippen molar-refractivity contribution < 1.29 is 21.9 Å². The number of nitrogens with one attached hydrogen (secondary N) is 2. The molecular weight excluding hydrogens is 526 g/mol. The fourth-order valence-electron chi connectivity index (χ4n) is 3.23. The smallest absolute Gasteiger partial charge is 0.273 e. The molecule has 5 rings (SSSR count). The molecule has 15 heteroatoms. The Balaban J connectivity index is 1.55. The van der Waals surface area contributed by atoms with Gasteiger partial charge in [0.1, 0.15) is 28.3 Å². The molecule has 2 aromatic carbocycles. The van der Waals surface area contributed by atoms with Crippen molar-refractivity contribution >= 4 is 43.8 Å². The first-order chi connectivity index (χ1) is 16.7. The van der Waals surface area contributed by atoms with Crippen molar-refractivity contribution in [1.29, 1.82) is 0 Å². The number of ether oxygens (including phenoxy) is 1. The summed E-state index contributed by atoms with van der Waals surface area (Å²) in [4.78, 5) is 21.3. The highest BCUT2D eigenvalue weighted by Gasteiger charge is 2.24. The van der Waals surface area contributed by atoms with Crippen LogP contribution < -0.4 is 15.0 Å². The highest BCUT2D eigenvalue weighted by molar-refractivity contribution is 7.93. The number of fused-ring (bicyclic) bond motifs is 1. The zero-order valence-corrected chi connectivity index (χ0v) is 19.5. The van der Waals surface area contributed by atoms with Gasteiger partial charge in [-0.1, -0.05) is 11.6 Å². The Labute approximate surface area is 204 Å². The lowest BCUT2D eigenvalue weighted by Gasteiger charge is -2.14. The summed E-state index contributed by atoms with van der Waals surface area (Å²) in [6.07, 6.45) is 5.26. The summed E-state index contributed by atoms with van der Waals surface area (Å²) in [5, 5.41) is 0.199. The molecule has 0 radical (unpaired) electrons. The lowest BCUT2D eigenvalue weighted by molar-refractivity contribution is 0.433. The molecule has 10 nitrogen and oxygen atoms in total. The molecular formula is C20H11ClF2N6O4S2. The number of H-pyrrole nitrogens is 1. The molecule has 0 atom stereocenters. The van der Waals surface area contributed by atoms with Crippen LogP contribution >= 0.6 is 23.1 Å². The molecule has 3 heterocycles. The Hall–Kier alpha value is -3.88. The number of sulfonamides is 1. The van der Waals surface area contributed by atoms with Gasteiger partial charge in [-0.25, -0.2) is 27.2 Å². The van der Waals surface area contributed by atoms with E-state index >= 15 is 0 Å². The second kappa shape index (κ2) is 8.72. The maximum atomic E-state index is 14.9. The molecule has 0 bridgehead atoms. The van der Waals surface area contributed by atoms with Crippen LogP contribution in [0.4, 0.5) is 13.9 Å². The molecule has 5 aromatic rings. The van der Waals surface area contributed by atoms with Crippen LogP contribution in [0, 0.1) is 11.6 Å². The molecule has 0 aliphatic heterocycles. The maximum Gasteiger partial charge on any atom is 0.273 e. The van der Waals surface area contributed by atoms with E-state index in [1.54, 1.807) is 0 Å². The van der Waals surface area contributed by atoms with Gasteiger partial charge in [-0.05, 0) is 18.2 Å². The number of rotatable bonds is 6. The van der Waals surface area contributed by atoms with Crippen LogP contribution in [0.25, 0.3) is 16.8 Å². The molecule has 0 saturated carbocycles. The van der Waals surface area contributed by atoms with E-state index in [9.17, 15) is 22.0 Å². The number of anilines is 1. The number of halogens is 3. The second-order valence-electron chi connectivity index (χ2n) is 6.96. The van der Waals surface area contributed by atoms with E-state index in [2.05, 4.69) is 19.3 Å². The summed E-state index contributed by atoms with van der Waals surface area (Å²) < 4.78 is 67.4. The minimum absolute atomic E-state index is 0.0531. The fourth-order valence-corrected chi connectivity index (χ4v) is 5.14. The molecule has 0 spiro atoms. The summed E-state index contributed by atoms with van der Waals surface area (Å²) in [6, 6.07) is 5.50. The standard InChI is InChI=1S/C20H11ClF2N6O4S2/c21-10-1-2-16(11(3-10)14-7-25-19(30)15-6-24-9-29(14)15)33-17-4-13(23)18(5-12(17)22)35(31,32)28-20-26-8-27-34-20/h1-9H,(H,25,30)(H,26,27,28). The van der Waals surface area contributed by atoms with Gasteiger partial charge in [0.15, 0.2) is 11.6 Å². The number of hydrogen-bond acceptors (Lipinski definition) is 8. The SMILES string of the molecule is O=c1[nH]cc(-c2cc(Cl)ccc2Oc2cc(F)c(S(=O)(=O)Nc3ncns3)cc2F)n2cncc12. The number of aromatic nitrogens is 5. The maximum absolute atomic E-state index is 14.9. The van der Waals surface area contributed by atoms with Crippen LogP contribution in [-0.2, 0) is 10.0 Å². The number of hydrogen-bond donors (Lipinski definition) is 2. The molecule has 178 valence electrons. The van der Waals surface area contributed by atoms with Crippen molar-refractivity contribution in [3.8, 4) is 22.8 Å². The third-order valence-electron chi connectivity index (χ3n) is 4.77. The first-order valence-electron chi connectivity index (χ1n) is 9.53. The van der Waals surface area contributed by atoms with Gasteiger partial charge in [0.05, 0.1) is 18.2 Å². The van der Waals surface area contributed by atoms with Crippen LogP contribution in [0.15, 0.2) is 65.1 Å². The Morgan fingerprint density at radius 2 is 1.97 bits per heavy atom. The fraction of sp³-hybridized carbons (Fsp3) is 0. The van der Waals surface area contributed by atoms with Gasteiger partial charge in [-0.2, -0.15) is 4.37 Å². The van der Waals surface area contributed by atoms with Crippen LogP contribution in [0.3, 0.4) is 0 Å². The minimum atomic E-state index is -4.48. The van der Waals surface area contributed by atoms with Crippen molar-refractivity contribution in [2.75, 3.05) is 4.72 Å². The highest BCUT2D eigenvalue weighted by atomic mass is 35.5. The van der Waals surface area contributed by atoms with Crippen LogP contribution in [-0.4, -0.2) is 32.1 Å². The zero-order chi connectivity index (χ0) is 24.7. The Bertz CT molecular complexity index is 1740. The summed E-state index contributed by atoms with van der Waals surface area (Å²) >= 11 is 6.87. The van der Waals surface area contributed by atoms with Gasteiger partial charge in [-0.3, -0.25) is 13.9 Å². The molecule has 0 fully saturated rings. The van der Waals surface area contributed by atoms with Crippen LogP contribution in [0.1, 0.15) is 0 Å². The Morgan fingerprint density at radius 1 is 1.14 bits per heavy atom. The van der Waals surface area contributed by atoms with E-state index < -0.39 is 32.3 Å². The molecule has 0 aliphatic rings. The van der Waals surface area contributed by atoms with Crippen molar-refractivity contribution in [1.82, 2.24) is 23.7 Å². The first-order valence-corrected chi connectivity index (χ1v) is 12.2. The topological polar surface area (TPSA) is 131 Å². The van der Waals surface area contributed by atoms with Crippen LogP contribution in [0.5, 0.6) is 11.5 Å². The lowest BCUT2D eigenvalue weighted by Crippen LogP contribution is -2.15. The number of nitrogens with zero attached hydrogens (tertiary/aromatic N) is 4. The average Bonchev–Trinajstić information content (AvgIpc) is 3.50. The van der Waals surface area contributed by atoms with Crippen molar-refractivity contribution in [3.63, 3.8) is 0 Å². The van der Waals surface area contributed by atoms with Crippen molar-refractivity contribution in [2.24, 2.45) is 0 Å². The Kier molecular flexibility index (Phi) is 5.70. The molecule has 2 N–H and O–H groups in total. The average molecular weight is 537 g/mol. The molecule has 0 amide bonds. The molecule has 35 heavy (non-hydrogen) atoms. The third kappa shape index (κ3) is 4.34. The van der Waals surface area contributed by atoms with E-state index in [0.717, 1.165) is 17.9 Å². The minimum Gasteiger partial charge on any atom is -0.453 e. The van der Waals surface area contributed by atoms with E-state index in [1.807, 2.05) is 4.72 Å². The first kappa shape index (κ1) is 22.9. The summed E-state index contributed by atoms with van der Waals surface area (Å²) in [5.41, 5.74) is 0.577. The largest absolute Gasteiger partial charge is 0.453 e. The van der Waals surface area contributed by atoms with Crippen molar-refractivity contribution in [2.45, 2.75) is 4.90 Å². The van der Waals surface area contributed by atoms with Crippen LogP contribution in [0.2, 0.25) is 5.02 Å². The molecule has 0 unspecified atom stereocenters. The summed E-state index contributed by atoms with van der Waals surface area (Å²) in [7, 11) is -4.48. The predicted molar refractivity (Wildman–Crippen MR) is 123 cm³/mol. The number of imidazole rings is 1. The summed E-state index contributed by atoms with van der Waals surface area (Å²) in [6.45, 7) is 0. The quantitative estimate of drug-likeness (QED) is 0.334. The molecule has 0 aliphatic carbocycles. The summed E-state index contributed by atoms with van der Waals surface area (Å²) in [5.74, 6) is -2.92. The Morgan fingerprint density at radius 3 is 2.74 bits per heavy atom. The van der Waals surface area contributed by atoms with Crippen molar-refractivity contribution in [3.05, 3.63) is 82.4 Å². The van der Waals surface area contributed by atoms with Gasteiger partial charge >= 0.3 is 0 Å². The second-order valence-corrected chi connectivity index (χ2v) is 9.83. The zero-order valence-electron chi connectivity index (χ0n) is 17.1. The van der Waals surface area contributed by atoms with Gasteiger partial charge < -0.3 is 9.72 Å². The third-order valence-corrected chi connectivity index (χ3v) is 7.07. The highest BCUT2D eigenvalue weighted by Crippen LogP contribution is 2.37. The van der Waals surface area contributed by atoms with E-state index in [0.29, 0.717) is 28.4 Å². The van der Waals surface area contributed by atoms with Gasteiger partial charge in [-0.15, -0.1) is 0 Å². The normalized spacial score (nSPS) is 11.6. The number of benzene rings is 2.